The zero-order valence-corrected chi connectivity index (χ0v) is 59.3. The van der Waals surface area contributed by atoms with Crippen LogP contribution < -0.4 is 9.80 Å². The molecular weight excluding hydrogens is 1390 g/mol. The molecule has 550 valence electrons. The Bertz CT molecular complexity index is 4840. The molecule has 16 saturated carbocycles. The molecule has 9 aromatic rings. The molecule has 8 bridgehead atoms. The lowest BCUT2D eigenvalue weighted by Gasteiger charge is -2.91. The molecule has 4 nitrogen and oxygen atoms in total. The molecule has 0 amide bonds. The largest absolute Gasteiger partial charge is 0.416 e. The fraction of sp³-hybridized carbons (Fsp3) is 0.435. The SMILES string of the molecule is FC(F)(F)c1cc(-c2cc(-c3cc(C45CC6CC(CC4C6)C5)cc(C45CC6CC7CC(C4)C765)c3)cc(N(c3ccc(N(c4cccnc4)c4cc(-c5cc(C(F)(F)F)cc(C(F)(F)F)c5)cc(-c5cc(C67CC8CC(CC6C8)C7)cc(C67CC8CC9CC(C6)C987)c5)c4)cc3)c3cccnc3)c2)cc(C(F)(F)F)c1. The fourth-order valence-corrected chi connectivity index (χ4v) is 29.1. The number of hydrogen-bond donors (Lipinski definition) is 0. The number of nitrogens with zero attached hydrogens (tertiary/aromatic N) is 4. The number of hydrogen-bond acceptors (Lipinski definition) is 4. The zero-order chi connectivity index (χ0) is 73.1. The molecule has 0 saturated heterocycles. The highest BCUT2D eigenvalue weighted by atomic mass is 19.4. The number of halogens is 12. The molecule has 108 heavy (non-hydrogen) atoms. The van der Waals surface area contributed by atoms with Gasteiger partial charge < -0.3 is 9.80 Å². The lowest BCUT2D eigenvalue weighted by molar-refractivity contribution is -0.395. The smallest absolute Gasteiger partial charge is 0.309 e. The van der Waals surface area contributed by atoms with Gasteiger partial charge in [0.2, 0.25) is 0 Å². The first-order valence-electron chi connectivity index (χ1n) is 39.4. The minimum Gasteiger partial charge on any atom is -0.309 e. The van der Waals surface area contributed by atoms with E-state index in [0.29, 0.717) is 127 Å². The summed E-state index contributed by atoms with van der Waals surface area (Å²) in [6.45, 7) is 0. The number of pyridine rings is 2. The number of rotatable bonds is 14. The summed E-state index contributed by atoms with van der Waals surface area (Å²) in [6, 6.07) is 43.3. The van der Waals surface area contributed by atoms with E-state index in [0.717, 1.165) is 86.8 Å². The van der Waals surface area contributed by atoms with Crippen molar-refractivity contribution in [1.82, 2.24) is 9.97 Å². The van der Waals surface area contributed by atoms with Crippen molar-refractivity contribution in [1.29, 1.82) is 0 Å². The molecule has 25 rings (SSSR count). The highest BCUT2D eigenvalue weighted by Gasteiger charge is 2.89. The summed E-state index contributed by atoms with van der Waals surface area (Å²) in [7, 11) is 0. The Morgan fingerprint density at radius 3 is 0.861 bits per heavy atom. The van der Waals surface area contributed by atoms with E-state index in [2.05, 4.69) is 46.4 Å². The molecule has 16 heteroatoms. The van der Waals surface area contributed by atoms with Crippen molar-refractivity contribution in [2.75, 3.05) is 9.80 Å². The maximum atomic E-state index is 15.1. The van der Waals surface area contributed by atoms with Crippen LogP contribution >= 0.6 is 0 Å². The van der Waals surface area contributed by atoms with E-state index >= 15 is 52.7 Å². The van der Waals surface area contributed by atoms with Gasteiger partial charge in [0.1, 0.15) is 0 Å². The topological polar surface area (TPSA) is 32.3 Å². The maximum absolute atomic E-state index is 15.1. The monoisotopic (exact) mass is 1470 g/mol. The number of anilines is 6. The molecular formula is C92H78F12N4. The van der Waals surface area contributed by atoms with Crippen LogP contribution in [0.2, 0.25) is 0 Å². The second kappa shape index (κ2) is 21.4. The van der Waals surface area contributed by atoms with E-state index in [-0.39, 0.29) is 56.0 Å². The van der Waals surface area contributed by atoms with Crippen LogP contribution in [0.3, 0.4) is 0 Å². The Morgan fingerprint density at radius 2 is 0.574 bits per heavy atom. The summed E-state index contributed by atoms with van der Waals surface area (Å²) in [5, 5.41) is 0. The second-order valence-electron chi connectivity index (χ2n) is 36.7. The Morgan fingerprint density at radius 1 is 0.269 bits per heavy atom. The molecule has 0 N–H and O–H groups in total. The highest BCUT2D eigenvalue weighted by molar-refractivity contribution is 5.89. The van der Waals surface area contributed by atoms with Crippen molar-refractivity contribution in [3.8, 4) is 44.5 Å². The van der Waals surface area contributed by atoms with E-state index in [4.69, 9.17) is 0 Å². The van der Waals surface area contributed by atoms with Gasteiger partial charge in [0, 0.05) is 46.0 Å². The lowest BCUT2D eigenvalue weighted by Crippen LogP contribution is -2.87. The third kappa shape index (κ3) is 8.70. The van der Waals surface area contributed by atoms with Crippen LogP contribution in [0.1, 0.15) is 160 Å². The summed E-state index contributed by atoms with van der Waals surface area (Å²) in [4.78, 5) is 13.0. The average molecular weight is 1470 g/mol. The van der Waals surface area contributed by atoms with Crippen LogP contribution in [0, 0.1) is 81.8 Å². The summed E-state index contributed by atoms with van der Waals surface area (Å²) >= 11 is 0. The Kier molecular flexibility index (Phi) is 13.0. The maximum Gasteiger partial charge on any atom is 0.416 e. The molecule has 2 spiro atoms. The molecule has 16 fully saturated rings. The van der Waals surface area contributed by atoms with Crippen molar-refractivity contribution in [3.05, 3.63) is 227 Å². The molecule has 8 atom stereocenters. The normalized spacial score (nSPS) is 35.1. The van der Waals surface area contributed by atoms with E-state index in [9.17, 15) is 0 Å². The molecule has 2 heterocycles. The van der Waals surface area contributed by atoms with Gasteiger partial charge in [-0.1, -0.05) is 36.4 Å². The summed E-state index contributed by atoms with van der Waals surface area (Å²) < 4.78 is 181. The predicted octanol–water partition coefficient (Wildman–Crippen LogP) is 25.7. The third-order valence-electron chi connectivity index (χ3n) is 32.5. The van der Waals surface area contributed by atoms with Crippen LogP contribution in [-0.4, -0.2) is 9.97 Å². The van der Waals surface area contributed by atoms with Crippen molar-refractivity contribution in [3.63, 3.8) is 0 Å². The van der Waals surface area contributed by atoms with Crippen molar-refractivity contribution < 1.29 is 52.7 Å². The Balaban J connectivity index is 0.704. The number of alkyl halides is 12. The van der Waals surface area contributed by atoms with E-state index in [1.807, 2.05) is 58.3 Å². The van der Waals surface area contributed by atoms with Gasteiger partial charge in [-0.05, 0) is 396 Å². The predicted molar refractivity (Wildman–Crippen MR) is 390 cm³/mol. The van der Waals surface area contributed by atoms with Crippen molar-refractivity contribution >= 4 is 34.1 Å². The minimum atomic E-state index is -5.12. The fourth-order valence-electron chi connectivity index (χ4n) is 29.1. The zero-order valence-electron chi connectivity index (χ0n) is 59.3. The van der Waals surface area contributed by atoms with E-state index < -0.39 is 47.0 Å². The first-order valence-corrected chi connectivity index (χ1v) is 39.4. The van der Waals surface area contributed by atoms with Gasteiger partial charge in [-0.2, -0.15) is 52.7 Å². The van der Waals surface area contributed by atoms with Crippen LogP contribution in [0.4, 0.5) is 86.8 Å². The van der Waals surface area contributed by atoms with Gasteiger partial charge in [0.05, 0.1) is 46.0 Å². The molecule has 7 aromatic carbocycles. The molecule has 16 aliphatic rings. The van der Waals surface area contributed by atoms with Gasteiger partial charge in [0.15, 0.2) is 0 Å². The molecule has 8 unspecified atom stereocenters. The quantitative estimate of drug-likeness (QED) is 0.102. The van der Waals surface area contributed by atoms with Gasteiger partial charge in [-0.15, -0.1) is 0 Å². The van der Waals surface area contributed by atoms with Crippen LogP contribution in [-0.2, 0) is 46.4 Å². The van der Waals surface area contributed by atoms with Crippen LogP contribution in [0.25, 0.3) is 44.5 Å². The average Bonchev–Trinajstić information content (AvgIpc) is 0.688. The first kappa shape index (κ1) is 65.5. The minimum absolute atomic E-state index is 0.0200. The number of benzene rings is 7. The molecule has 0 radical (unpaired) electrons. The second-order valence-corrected chi connectivity index (χ2v) is 36.7. The van der Waals surface area contributed by atoms with Crippen molar-refractivity contribution in [2.24, 2.45) is 81.8 Å². The molecule has 0 aliphatic heterocycles. The van der Waals surface area contributed by atoms with Crippen LogP contribution in [0.15, 0.2) is 183 Å². The standard InChI is InChI=1S/C92H78F12N4/c93-89(94,95)69-23-59(24-70(37-69)90(96,97)98)55-17-53(57-19-63(83-39-49-11-50(40-83)14-61(83)13-49)31-65(21-57)85-43-73-33-67-34-74(44-85)87(67,73)85)27-81(29-55)107(79-3-1-9-105-47-79)77-5-7-78(8-6-77)108(80-4-2-10-106-48-80)82-28-54(18-56(30-82)60-25-71(91(99,100)101)38-72(26-60)92(102,103)104)58-20-64(84-41-51-12-52(42-84)16-62(84)15-51)32-66(22-58)86-45-75-35-68-36-76(46-86)88(68,75)86/h1-10,17-32,37-38,47-52,61-62,67-68,73-76H,11-16,33-36,39-46H2. The molecule has 2 aromatic heterocycles. The lowest BCUT2D eigenvalue weighted by atomic mass is 9.12. The van der Waals surface area contributed by atoms with E-state index in [1.165, 1.54) is 86.5 Å². The summed E-state index contributed by atoms with van der Waals surface area (Å²) in [6.07, 6.45) is 7.21. The highest BCUT2D eigenvalue weighted by Crippen LogP contribution is 2.94. The van der Waals surface area contributed by atoms with Gasteiger partial charge in [0.25, 0.3) is 0 Å². The van der Waals surface area contributed by atoms with E-state index in [1.54, 1.807) is 61.2 Å². The third-order valence-corrected chi connectivity index (χ3v) is 32.5. The van der Waals surface area contributed by atoms with Gasteiger partial charge >= 0.3 is 24.7 Å². The van der Waals surface area contributed by atoms with Gasteiger partial charge in [-0.25, -0.2) is 0 Å². The number of aromatic nitrogens is 2. The van der Waals surface area contributed by atoms with Crippen LogP contribution in [0.5, 0.6) is 0 Å². The first-order chi connectivity index (χ1) is 51.7. The summed E-state index contributed by atoms with van der Waals surface area (Å²) in [5.41, 5.74) is 5.89. The van der Waals surface area contributed by atoms with Gasteiger partial charge in [-0.3, -0.25) is 9.97 Å². The molecule has 16 aliphatic carbocycles. The van der Waals surface area contributed by atoms with Crippen molar-refractivity contribution in [2.45, 2.75) is 162 Å². The Hall–Kier alpha value is -8.40. The Labute approximate surface area is 618 Å². The summed E-state index contributed by atoms with van der Waals surface area (Å²) in [5.74, 6) is 7.81.